The van der Waals surface area contributed by atoms with Gasteiger partial charge in [-0.3, -0.25) is 0 Å². The lowest BCUT2D eigenvalue weighted by Gasteiger charge is -1.94. The molecule has 15 heavy (non-hydrogen) atoms. The van der Waals surface area contributed by atoms with Gasteiger partial charge < -0.3 is 10.3 Å². The minimum Gasteiger partial charge on any atom is -0.337 e. The number of benzene rings is 1. The lowest BCUT2D eigenvalue weighted by atomic mass is 10.2. The van der Waals surface area contributed by atoms with Crippen molar-refractivity contribution in [3.63, 3.8) is 0 Å². The van der Waals surface area contributed by atoms with Crippen molar-refractivity contribution in [2.24, 2.45) is 5.73 Å². The number of rotatable bonds is 2. The first-order valence-electron chi connectivity index (χ1n) is 4.52. The third kappa shape index (κ3) is 2.02. The zero-order valence-corrected chi connectivity index (χ0v) is 8.14. The van der Waals surface area contributed by atoms with Gasteiger partial charge in [-0.05, 0) is 19.1 Å². The quantitative estimate of drug-likeness (QED) is 0.816. The van der Waals surface area contributed by atoms with E-state index in [1.165, 1.54) is 12.1 Å². The fourth-order valence-electron chi connectivity index (χ4n) is 1.16. The van der Waals surface area contributed by atoms with Crippen molar-refractivity contribution in [3.05, 3.63) is 36.0 Å². The molecule has 0 aliphatic rings. The Kier molecular flexibility index (Phi) is 2.47. The first-order chi connectivity index (χ1) is 7.16. The second kappa shape index (κ2) is 3.78. The lowest BCUT2D eigenvalue weighted by molar-refractivity contribution is 0.362. The Bertz CT molecular complexity index is 467. The molecule has 1 aromatic heterocycles. The van der Waals surface area contributed by atoms with Crippen molar-refractivity contribution in [3.8, 4) is 11.4 Å². The molecule has 78 valence electrons. The molecule has 0 unspecified atom stereocenters. The van der Waals surface area contributed by atoms with Gasteiger partial charge in [0.1, 0.15) is 5.82 Å². The number of hydrogen-bond donors (Lipinski definition) is 1. The highest BCUT2D eigenvalue weighted by Gasteiger charge is 2.11. The molecule has 0 fully saturated rings. The minimum absolute atomic E-state index is 0.320. The fraction of sp³-hybridized carbons (Fsp3) is 0.200. The van der Waals surface area contributed by atoms with Crippen LogP contribution in [-0.2, 0) is 0 Å². The van der Waals surface area contributed by atoms with Gasteiger partial charge in [0.05, 0.1) is 6.04 Å². The molecule has 0 aliphatic heterocycles. The van der Waals surface area contributed by atoms with Crippen LogP contribution in [0.5, 0.6) is 0 Å². The molecule has 0 amide bonds. The van der Waals surface area contributed by atoms with E-state index < -0.39 is 0 Å². The summed E-state index contributed by atoms with van der Waals surface area (Å²) in [5.41, 5.74) is 6.14. The summed E-state index contributed by atoms with van der Waals surface area (Å²) in [5.74, 6) is 0.357. The van der Waals surface area contributed by atoms with E-state index in [9.17, 15) is 4.39 Å². The van der Waals surface area contributed by atoms with Gasteiger partial charge in [-0.15, -0.1) is 0 Å². The molecular formula is C10H10FN3O. The Hall–Kier alpha value is -1.75. The smallest absolute Gasteiger partial charge is 0.243 e. The number of hydrogen-bond acceptors (Lipinski definition) is 4. The van der Waals surface area contributed by atoms with E-state index in [1.807, 2.05) is 0 Å². The Morgan fingerprint density at radius 1 is 1.47 bits per heavy atom. The summed E-state index contributed by atoms with van der Waals surface area (Å²) >= 11 is 0. The maximum atomic E-state index is 12.9. The van der Waals surface area contributed by atoms with Crippen LogP contribution in [0.3, 0.4) is 0 Å². The van der Waals surface area contributed by atoms with Crippen LogP contribution in [0, 0.1) is 5.82 Å². The third-order valence-electron chi connectivity index (χ3n) is 1.91. The van der Waals surface area contributed by atoms with Gasteiger partial charge >= 0.3 is 0 Å². The summed E-state index contributed by atoms with van der Waals surface area (Å²) in [6, 6.07) is 5.68. The van der Waals surface area contributed by atoms with Crippen molar-refractivity contribution in [2.45, 2.75) is 13.0 Å². The normalized spacial score (nSPS) is 12.7. The van der Waals surface area contributed by atoms with Crippen LogP contribution in [0.25, 0.3) is 11.4 Å². The Morgan fingerprint density at radius 2 is 2.27 bits per heavy atom. The minimum atomic E-state index is -0.334. The summed E-state index contributed by atoms with van der Waals surface area (Å²) in [4.78, 5) is 4.05. The van der Waals surface area contributed by atoms with E-state index in [2.05, 4.69) is 10.1 Å². The number of aromatic nitrogens is 2. The first-order valence-corrected chi connectivity index (χ1v) is 4.52. The zero-order chi connectivity index (χ0) is 10.8. The Labute approximate surface area is 85.9 Å². The molecule has 0 radical (unpaired) electrons. The second-order valence-corrected chi connectivity index (χ2v) is 3.26. The Balaban J connectivity index is 2.37. The average molecular weight is 207 g/mol. The van der Waals surface area contributed by atoms with Gasteiger partial charge in [0.25, 0.3) is 0 Å². The van der Waals surface area contributed by atoms with Crippen molar-refractivity contribution >= 4 is 0 Å². The van der Waals surface area contributed by atoms with Crippen LogP contribution >= 0.6 is 0 Å². The standard InChI is InChI=1S/C10H10FN3O/c1-6(12)10-13-9(14-15-10)7-3-2-4-8(11)5-7/h2-6H,12H2,1H3/t6-/m0/s1. The van der Waals surface area contributed by atoms with E-state index in [0.717, 1.165) is 0 Å². The highest BCUT2D eigenvalue weighted by molar-refractivity contribution is 5.53. The van der Waals surface area contributed by atoms with Crippen LogP contribution < -0.4 is 5.73 Å². The van der Waals surface area contributed by atoms with E-state index in [-0.39, 0.29) is 11.9 Å². The largest absolute Gasteiger partial charge is 0.337 e. The predicted octanol–water partition coefficient (Wildman–Crippen LogP) is 1.90. The van der Waals surface area contributed by atoms with Gasteiger partial charge in [0.15, 0.2) is 0 Å². The molecule has 4 nitrogen and oxygen atoms in total. The summed E-state index contributed by atoms with van der Waals surface area (Å²) in [6.07, 6.45) is 0. The van der Waals surface area contributed by atoms with E-state index in [0.29, 0.717) is 17.3 Å². The van der Waals surface area contributed by atoms with Crippen LogP contribution in [0.4, 0.5) is 4.39 Å². The number of nitrogens with two attached hydrogens (primary N) is 1. The van der Waals surface area contributed by atoms with Crippen LogP contribution in [0.1, 0.15) is 18.9 Å². The van der Waals surface area contributed by atoms with Crippen molar-refractivity contribution in [2.75, 3.05) is 0 Å². The Morgan fingerprint density at radius 3 is 2.87 bits per heavy atom. The maximum Gasteiger partial charge on any atom is 0.243 e. The maximum absolute atomic E-state index is 12.9. The molecule has 0 bridgehead atoms. The summed E-state index contributed by atoms with van der Waals surface area (Å²) < 4.78 is 17.8. The molecule has 0 spiro atoms. The molecular weight excluding hydrogens is 197 g/mol. The molecule has 5 heteroatoms. The zero-order valence-electron chi connectivity index (χ0n) is 8.14. The SMILES string of the molecule is C[C@H](N)c1nc(-c2cccc(F)c2)no1. The number of halogens is 1. The summed E-state index contributed by atoms with van der Waals surface area (Å²) in [5, 5.41) is 3.72. The average Bonchev–Trinajstić information content (AvgIpc) is 2.66. The van der Waals surface area contributed by atoms with Crippen molar-refractivity contribution < 1.29 is 8.91 Å². The molecule has 1 atom stereocenters. The van der Waals surface area contributed by atoms with Crippen molar-refractivity contribution in [1.82, 2.24) is 10.1 Å². The highest BCUT2D eigenvalue weighted by Crippen LogP contribution is 2.18. The first kappa shape index (κ1) is 9.79. The molecule has 0 aliphatic carbocycles. The molecule has 0 saturated carbocycles. The molecule has 2 aromatic rings. The van der Waals surface area contributed by atoms with Crippen molar-refractivity contribution in [1.29, 1.82) is 0 Å². The van der Waals surface area contributed by atoms with Gasteiger partial charge in [0, 0.05) is 5.56 Å². The van der Waals surface area contributed by atoms with Crippen LogP contribution in [-0.4, -0.2) is 10.1 Å². The molecule has 1 aromatic carbocycles. The van der Waals surface area contributed by atoms with Gasteiger partial charge in [-0.2, -0.15) is 4.98 Å². The van der Waals surface area contributed by atoms with Gasteiger partial charge in [-0.1, -0.05) is 17.3 Å². The third-order valence-corrected chi connectivity index (χ3v) is 1.91. The topological polar surface area (TPSA) is 64.9 Å². The molecule has 1 heterocycles. The van der Waals surface area contributed by atoms with E-state index in [4.69, 9.17) is 10.3 Å². The second-order valence-electron chi connectivity index (χ2n) is 3.26. The monoisotopic (exact) mass is 207 g/mol. The van der Waals surface area contributed by atoms with E-state index in [1.54, 1.807) is 19.1 Å². The fourth-order valence-corrected chi connectivity index (χ4v) is 1.16. The summed E-state index contributed by atoms with van der Waals surface area (Å²) in [6.45, 7) is 1.74. The number of nitrogens with zero attached hydrogens (tertiary/aromatic N) is 2. The molecule has 2 rings (SSSR count). The molecule has 0 saturated heterocycles. The van der Waals surface area contributed by atoms with Gasteiger partial charge in [0.2, 0.25) is 11.7 Å². The predicted molar refractivity (Wildman–Crippen MR) is 52.3 cm³/mol. The highest BCUT2D eigenvalue weighted by atomic mass is 19.1. The van der Waals surface area contributed by atoms with Gasteiger partial charge in [-0.25, -0.2) is 4.39 Å². The van der Waals surface area contributed by atoms with Crippen LogP contribution in [0.15, 0.2) is 28.8 Å². The lowest BCUT2D eigenvalue weighted by Crippen LogP contribution is -2.04. The van der Waals surface area contributed by atoms with Crippen LogP contribution in [0.2, 0.25) is 0 Å². The molecule has 2 N–H and O–H groups in total. The van der Waals surface area contributed by atoms with E-state index >= 15 is 0 Å². The summed E-state index contributed by atoms with van der Waals surface area (Å²) in [7, 11) is 0.